The molecule has 0 saturated heterocycles. The number of benzene rings is 1. The van der Waals surface area contributed by atoms with Gasteiger partial charge in [-0.15, -0.1) is 10.2 Å². The van der Waals surface area contributed by atoms with E-state index in [1.807, 2.05) is 49.9 Å². The van der Waals surface area contributed by atoms with Crippen molar-refractivity contribution in [2.45, 2.75) is 12.1 Å². The lowest BCUT2D eigenvalue weighted by Gasteiger charge is -2.02. The summed E-state index contributed by atoms with van der Waals surface area (Å²) in [7, 11) is 3.86. The largest absolute Gasteiger partial charge is 0.347 e. The zero-order valence-corrected chi connectivity index (χ0v) is 13.0. The van der Waals surface area contributed by atoms with E-state index in [0.717, 1.165) is 27.3 Å². The van der Waals surface area contributed by atoms with Crippen molar-refractivity contribution in [3.8, 4) is 0 Å². The van der Waals surface area contributed by atoms with Gasteiger partial charge in [0.15, 0.2) is 10.9 Å². The molecule has 1 aromatic carbocycles. The van der Waals surface area contributed by atoms with E-state index in [2.05, 4.69) is 14.8 Å². The van der Waals surface area contributed by atoms with Gasteiger partial charge in [-0.2, -0.15) is 0 Å². The number of thioether (sulfide) groups is 1. The molecule has 0 aliphatic rings. The van der Waals surface area contributed by atoms with Gasteiger partial charge in [0.2, 0.25) is 0 Å². The Balaban J connectivity index is 1.91. The molecule has 2 aromatic heterocycles. The number of fused-ring (bicyclic) bond motifs is 1. The fraction of sp³-hybridized carbons (Fsp3) is 0.267. The fourth-order valence-corrected chi connectivity index (χ4v) is 3.24. The van der Waals surface area contributed by atoms with Crippen LogP contribution in [-0.2, 0) is 14.1 Å². The van der Waals surface area contributed by atoms with E-state index in [1.54, 1.807) is 6.33 Å². The molecule has 0 N–H and O–H groups in total. The van der Waals surface area contributed by atoms with E-state index in [9.17, 15) is 4.79 Å². The maximum Gasteiger partial charge on any atom is 0.191 e. The molecule has 0 saturated carbocycles. The molecule has 0 spiro atoms. The Labute approximate surface area is 127 Å². The fourth-order valence-electron chi connectivity index (χ4n) is 2.48. The number of aromatic nitrogens is 4. The predicted molar refractivity (Wildman–Crippen MR) is 83.7 cm³/mol. The molecule has 0 aliphatic heterocycles. The number of nitrogens with zero attached hydrogens (tertiary/aromatic N) is 4. The van der Waals surface area contributed by atoms with Crippen molar-refractivity contribution in [3.63, 3.8) is 0 Å². The van der Waals surface area contributed by atoms with Crippen LogP contribution in [0.1, 0.15) is 16.1 Å². The zero-order valence-electron chi connectivity index (χ0n) is 12.2. The first kappa shape index (κ1) is 13.9. The van der Waals surface area contributed by atoms with E-state index in [-0.39, 0.29) is 5.78 Å². The SMILES string of the molecule is Cc1c(C(=O)CSc2nncn2C)c2ccccc2n1C. The van der Waals surface area contributed by atoms with Gasteiger partial charge in [-0.25, -0.2) is 0 Å². The van der Waals surface area contributed by atoms with Crippen LogP contribution in [0.3, 0.4) is 0 Å². The molecular weight excluding hydrogens is 284 g/mol. The molecule has 0 amide bonds. The van der Waals surface area contributed by atoms with Gasteiger partial charge in [-0.05, 0) is 13.0 Å². The summed E-state index contributed by atoms with van der Waals surface area (Å²) in [5.41, 5.74) is 2.89. The van der Waals surface area contributed by atoms with Crippen molar-refractivity contribution >= 4 is 28.4 Å². The lowest BCUT2D eigenvalue weighted by molar-refractivity contribution is 0.102. The molecule has 0 atom stereocenters. The molecule has 0 fully saturated rings. The topological polar surface area (TPSA) is 52.7 Å². The van der Waals surface area contributed by atoms with Crippen molar-refractivity contribution in [2.24, 2.45) is 14.1 Å². The van der Waals surface area contributed by atoms with E-state index in [0.29, 0.717) is 5.75 Å². The number of para-hydroxylation sites is 1. The summed E-state index contributed by atoms with van der Waals surface area (Å²) in [5.74, 6) is 0.485. The molecule has 0 aliphatic carbocycles. The molecule has 108 valence electrons. The van der Waals surface area contributed by atoms with E-state index in [4.69, 9.17) is 0 Å². The molecule has 5 nitrogen and oxygen atoms in total. The second-order valence-electron chi connectivity index (χ2n) is 4.97. The number of carbonyl (C=O) groups excluding carboxylic acids is 1. The lowest BCUT2D eigenvalue weighted by atomic mass is 10.1. The van der Waals surface area contributed by atoms with Gasteiger partial charge in [0.1, 0.15) is 6.33 Å². The standard InChI is InChI=1S/C15H16N4OS/c1-10-14(11-6-4-5-7-12(11)19(10)3)13(20)8-21-15-17-16-9-18(15)2/h4-7,9H,8H2,1-3H3. The van der Waals surface area contributed by atoms with Crippen molar-refractivity contribution in [3.05, 3.63) is 41.9 Å². The Hall–Kier alpha value is -2.08. The lowest BCUT2D eigenvalue weighted by Crippen LogP contribution is -2.05. The van der Waals surface area contributed by atoms with Crippen LogP contribution in [0.4, 0.5) is 0 Å². The van der Waals surface area contributed by atoms with E-state index in [1.165, 1.54) is 11.8 Å². The molecule has 0 unspecified atom stereocenters. The molecule has 0 bridgehead atoms. The monoisotopic (exact) mass is 300 g/mol. The van der Waals surface area contributed by atoms with Gasteiger partial charge in [-0.1, -0.05) is 30.0 Å². The number of carbonyl (C=O) groups is 1. The van der Waals surface area contributed by atoms with Crippen molar-refractivity contribution in [1.82, 2.24) is 19.3 Å². The summed E-state index contributed by atoms with van der Waals surface area (Å²) in [4.78, 5) is 12.6. The summed E-state index contributed by atoms with van der Waals surface area (Å²) < 4.78 is 3.88. The van der Waals surface area contributed by atoms with Gasteiger partial charge in [0.25, 0.3) is 0 Å². The molecule has 6 heteroatoms. The third-order valence-electron chi connectivity index (χ3n) is 3.68. The molecular formula is C15H16N4OS. The number of ketones is 1. The number of rotatable bonds is 4. The smallest absolute Gasteiger partial charge is 0.191 e. The Kier molecular flexibility index (Phi) is 3.55. The van der Waals surface area contributed by atoms with Crippen molar-refractivity contribution in [1.29, 1.82) is 0 Å². The number of aryl methyl sites for hydroxylation is 2. The minimum absolute atomic E-state index is 0.123. The third-order valence-corrected chi connectivity index (χ3v) is 4.72. The van der Waals surface area contributed by atoms with Gasteiger partial charge < -0.3 is 9.13 Å². The van der Waals surface area contributed by atoms with Crippen LogP contribution in [0.25, 0.3) is 10.9 Å². The van der Waals surface area contributed by atoms with Crippen LogP contribution in [-0.4, -0.2) is 30.9 Å². The maximum absolute atomic E-state index is 12.6. The van der Waals surface area contributed by atoms with Crippen LogP contribution >= 0.6 is 11.8 Å². The Morgan fingerprint density at radius 2 is 2.05 bits per heavy atom. The van der Waals surface area contributed by atoms with Gasteiger partial charge >= 0.3 is 0 Å². The highest BCUT2D eigenvalue weighted by molar-refractivity contribution is 7.99. The normalized spacial score (nSPS) is 11.2. The second-order valence-corrected chi connectivity index (χ2v) is 5.92. The average Bonchev–Trinajstić information content (AvgIpc) is 3.00. The van der Waals surface area contributed by atoms with Crippen LogP contribution < -0.4 is 0 Å². The van der Waals surface area contributed by atoms with Crippen LogP contribution in [0.15, 0.2) is 35.7 Å². The summed E-state index contributed by atoms with van der Waals surface area (Å²) >= 11 is 1.41. The molecule has 21 heavy (non-hydrogen) atoms. The molecule has 2 heterocycles. The van der Waals surface area contributed by atoms with Gasteiger partial charge in [0, 0.05) is 36.3 Å². The number of Topliss-reactive ketones (excluding diaryl/α,β-unsaturated/α-hetero) is 1. The van der Waals surface area contributed by atoms with Crippen LogP contribution in [0.2, 0.25) is 0 Å². The predicted octanol–water partition coefficient (Wildman–Crippen LogP) is 2.59. The summed E-state index contributed by atoms with van der Waals surface area (Å²) in [6.45, 7) is 1.99. The highest BCUT2D eigenvalue weighted by Crippen LogP contribution is 2.27. The number of hydrogen-bond donors (Lipinski definition) is 0. The minimum atomic E-state index is 0.123. The van der Waals surface area contributed by atoms with E-state index < -0.39 is 0 Å². The maximum atomic E-state index is 12.6. The van der Waals surface area contributed by atoms with Crippen molar-refractivity contribution in [2.75, 3.05) is 5.75 Å². The molecule has 3 aromatic rings. The van der Waals surface area contributed by atoms with Crippen molar-refractivity contribution < 1.29 is 4.79 Å². The molecule has 0 radical (unpaired) electrons. The third kappa shape index (κ3) is 2.35. The summed E-state index contributed by atoms with van der Waals surface area (Å²) in [5, 5.41) is 9.58. The highest BCUT2D eigenvalue weighted by atomic mass is 32.2. The summed E-state index contributed by atoms with van der Waals surface area (Å²) in [6.07, 6.45) is 1.63. The van der Waals surface area contributed by atoms with E-state index >= 15 is 0 Å². The highest BCUT2D eigenvalue weighted by Gasteiger charge is 2.18. The summed E-state index contributed by atoms with van der Waals surface area (Å²) in [6, 6.07) is 8.00. The van der Waals surface area contributed by atoms with Gasteiger partial charge in [-0.3, -0.25) is 4.79 Å². The zero-order chi connectivity index (χ0) is 15.0. The van der Waals surface area contributed by atoms with Crippen LogP contribution in [0.5, 0.6) is 0 Å². The molecule has 3 rings (SSSR count). The Morgan fingerprint density at radius 1 is 1.29 bits per heavy atom. The first-order valence-corrected chi connectivity index (χ1v) is 7.62. The van der Waals surface area contributed by atoms with Crippen LogP contribution in [0, 0.1) is 6.92 Å². The van der Waals surface area contributed by atoms with Gasteiger partial charge in [0.05, 0.1) is 5.75 Å². The Morgan fingerprint density at radius 3 is 2.76 bits per heavy atom. The second kappa shape index (κ2) is 5.37. The Bertz CT molecular complexity index is 818. The number of hydrogen-bond acceptors (Lipinski definition) is 4. The quantitative estimate of drug-likeness (QED) is 0.549. The first-order valence-electron chi connectivity index (χ1n) is 6.63. The average molecular weight is 300 g/mol. The first-order chi connectivity index (χ1) is 10.1. The minimum Gasteiger partial charge on any atom is -0.347 e.